The molecule has 1 aromatic rings. The van der Waals surface area contributed by atoms with Crippen molar-refractivity contribution in [2.24, 2.45) is 0 Å². The van der Waals surface area contributed by atoms with Crippen LogP contribution in [-0.4, -0.2) is 7.98 Å². The predicted octanol–water partition coefficient (Wildman–Crippen LogP) is 1.24. The molecule has 0 bridgehead atoms. The van der Waals surface area contributed by atoms with Crippen LogP contribution in [0.2, 0.25) is 0 Å². The number of nitrogens with zero attached hydrogens (tertiary/aromatic N) is 1. The molecule has 0 saturated carbocycles. The zero-order valence-electron chi connectivity index (χ0n) is 6.83. The number of hydrogen-bond acceptors (Lipinski definition) is 0. The first-order chi connectivity index (χ1) is 4.80. The van der Waals surface area contributed by atoms with Crippen molar-refractivity contribution in [2.75, 3.05) is 0 Å². The Balaban J connectivity index is 0.000000371. The lowest BCUT2D eigenvalue weighted by Crippen LogP contribution is -2.33. The van der Waals surface area contributed by atoms with E-state index in [1.54, 1.807) is 4.48 Å². The SMILES string of the molecule is CC.[B][n+]1ccccc1C. The minimum Gasteiger partial charge on any atom is -0.290 e. The van der Waals surface area contributed by atoms with Gasteiger partial charge in [-0.05, 0) is 6.07 Å². The molecular weight excluding hydrogens is 121 g/mol. The van der Waals surface area contributed by atoms with E-state index in [2.05, 4.69) is 0 Å². The Morgan fingerprint density at radius 2 is 1.90 bits per heavy atom. The number of hydrogen-bond donors (Lipinski definition) is 0. The molecule has 0 aromatic carbocycles. The highest BCUT2D eigenvalue weighted by molar-refractivity contribution is 5.94. The molecule has 0 unspecified atom stereocenters. The predicted molar refractivity (Wildman–Crippen MR) is 43.9 cm³/mol. The van der Waals surface area contributed by atoms with E-state index >= 15 is 0 Å². The number of aryl methyl sites for hydroxylation is 1. The molecule has 0 aliphatic rings. The zero-order chi connectivity index (χ0) is 7.98. The van der Waals surface area contributed by atoms with Crippen molar-refractivity contribution in [3.8, 4) is 0 Å². The second-order valence-corrected chi connectivity index (χ2v) is 1.75. The minimum absolute atomic E-state index is 1.06. The van der Waals surface area contributed by atoms with E-state index in [0.717, 1.165) is 5.69 Å². The highest BCUT2D eigenvalue weighted by Gasteiger charge is 1.92. The summed E-state index contributed by atoms with van der Waals surface area (Å²) in [5.74, 6) is 0. The summed E-state index contributed by atoms with van der Waals surface area (Å²) in [4.78, 5) is 0. The van der Waals surface area contributed by atoms with Crippen molar-refractivity contribution >= 4 is 7.98 Å². The molecule has 0 aliphatic carbocycles. The topological polar surface area (TPSA) is 3.88 Å². The summed E-state index contributed by atoms with van der Waals surface area (Å²) >= 11 is 0. The minimum atomic E-state index is 1.06. The third-order valence-electron chi connectivity index (χ3n) is 1.10. The first-order valence-corrected chi connectivity index (χ1v) is 3.53. The maximum atomic E-state index is 5.44. The van der Waals surface area contributed by atoms with E-state index < -0.39 is 0 Å². The summed E-state index contributed by atoms with van der Waals surface area (Å²) in [6.07, 6.45) is 1.81. The average Bonchev–Trinajstić information content (AvgIpc) is 2.00. The molecule has 1 heterocycles. The standard InChI is InChI=1S/C6H7BN.C2H6/c1-6-4-2-3-5-8(6)7;1-2/h2-5H,1H3;1-2H3/q+1;. The Kier molecular flexibility index (Phi) is 4.64. The van der Waals surface area contributed by atoms with Crippen molar-refractivity contribution in [1.29, 1.82) is 0 Å². The Bertz CT molecular complexity index is 165. The normalized spacial score (nSPS) is 7.90. The van der Waals surface area contributed by atoms with E-state index in [-0.39, 0.29) is 0 Å². The van der Waals surface area contributed by atoms with E-state index in [0.29, 0.717) is 0 Å². The van der Waals surface area contributed by atoms with Crippen LogP contribution in [0.4, 0.5) is 0 Å². The summed E-state index contributed by atoms with van der Waals surface area (Å²) in [6.45, 7) is 5.96. The molecule has 1 aromatic heterocycles. The first kappa shape index (κ1) is 9.21. The summed E-state index contributed by atoms with van der Waals surface area (Å²) in [7, 11) is 5.44. The summed E-state index contributed by atoms with van der Waals surface area (Å²) < 4.78 is 1.58. The molecular formula is C8H13BN+. The van der Waals surface area contributed by atoms with Crippen molar-refractivity contribution < 1.29 is 4.48 Å². The van der Waals surface area contributed by atoms with Crippen molar-refractivity contribution in [2.45, 2.75) is 20.8 Å². The summed E-state index contributed by atoms with van der Waals surface area (Å²) in [6, 6.07) is 5.81. The molecule has 0 amide bonds. The fraction of sp³-hybridized carbons (Fsp3) is 0.375. The maximum absolute atomic E-state index is 5.44. The van der Waals surface area contributed by atoms with Gasteiger partial charge >= 0.3 is 7.98 Å². The molecule has 2 heteroatoms. The van der Waals surface area contributed by atoms with Gasteiger partial charge in [-0.25, -0.2) is 0 Å². The highest BCUT2D eigenvalue weighted by atomic mass is 14.8. The van der Waals surface area contributed by atoms with Crippen molar-refractivity contribution in [1.82, 2.24) is 0 Å². The Morgan fingerprint density at radius 3 is 2.20 bits per heavy atom. The van der Waals surface area contributed by atoms with Gasteiger partial charge in [-0.2, -0.15) is 0 Å². The second-order valence-electron chi connectivity index (χ2n) is 1.75. The van der Waals surface area contributed by atoms with Crippen molar-refractivity contribution in [3.63, 3.8) is 0 Å². The van der Waals surface area contributed by atoms with Gasteiger partial charge < -0.3 is 0 Å². The first-order valence-electron chi connectivity index (χ1n) is 3.53. The Morgan fingerprint density at radius 1 is 1.30 bits per heavy atom. The van der Waals surface area contributed by atoms with Gasteiger partial charge in [-0.1, -0.05) is 19.9 Å². The summed E-state index contributed by atoms with van der Waals surface area (Å²) in [5, 5.41) is 0. The van der Waals surface area contributed by atoms with Gasteiger partial charge in [0.25, 0.3) is 0 Å². The lowest BCUT2D eigenvalue weighted by molar-refractivity contribution is -0.529. The number of aromatic nitrogens is 1. The number of rotatable bonds is 0. The van der Waals surface area contributed by atoms with Crippen LogP contribution < -0.4 is 4.48 Å². The molecule has 0 fully saturated rings. The smallest absolute Gasteiger partial charge is 0.290 e. The van der Waals surface area contributed by atoms with Crippen LogP contribution in [0.25, 0.3) is 0 Å². The molecule has 0 N–H and O–H groups in total. The van der Waals surface area contributed by atoms with Crippen LogP contribution >= 0.6 is 0 Å². The largest absolute Gasteiger partial charge is 0.586 e. The molecule has 0 atom stereocenters. The zero-order valence-corrected chi connectivity index (χ0v) is 6.83. The third-order valence-corrected chi connectivity index (χ3v) is 1.10. The van der Waals surface area contributed by atoms with Crippen LogP contribution in [0.5, 0.6) is 0 Å². The van der Waals surface area contributed by atoms with Crippen LogP contribution in [0.3, 0.4) is 0 Å². The van der Waals surface area contributed by atoms with Gasteiger partial charge in [0.1, 0.15) is 6.20 Å². The Hall–Kier alpha value is -0.785. The van der Waals surface area contributed by atoms with Gasteiger partial charge in [-0.3, -0.25) is 4.48 Å². The maximum Gasteiger partial charge on any atom is 0.586 e. The number of pyridine rings is 1. The lowest BCUT2D eigenvalue weighted by atomic mass is 10.3. The highest BCUT2D eigenvalue weighted by Crippen LogP contribution is 1.83. The van der Waals surface area contributed by atoms with Gasteiger partial charge in [0.2, 0.25) is 0 Å². The van der Waals surface area contributed by atoms with Crippen LogP contribution in [0.1, 0.15) is 19.5 Å². The molecule has 0 aliphatic heterocycles. The van der Waals surface area contributed by atoms with E-state index in [9.17, 15) is 0 Å². The van der Waals surface area contributed by atoms with E-state index in [4.69, 9.17) is 7.98 Å². The van der Waals surface area contributed by atoms with Gasteiger partial charge in [0, 0.05) is 13.0 Å². The second kappa shape index (κ2) is 5.04. The molecule has 0 saturated heterocycles. The quantitative estimate of drug-likeness (QED) is 0.470. The van der Waals surface area contributed by atoms with E-state index in [1.165, 1.54) is 0 Å². The fourth-order valence-corrected chi connectivity index (χ4v) is 0.541. The van der Waals surface area contributed by atoms with Crippen LogP contribution in [-0.2, 0) is 0 Å². The lowest BCUT2D eigenvalue weighted by Gasteiger charge is -1.87. The monoisotopic (exact) mass is 134 g/mol. The average molecular weight is 134 g/mol. The molecule has 0 spiro atoms. The molecule has 2 radical (unpaired) electrons. The van der Waals surface area contributed by atoms with Crippen LogP contribution in [0.15, 0.2) is 24.4 Å². The van der Waals surface area contributed by atoms with Crippen LogP contribution in [0, 0.1) is 6.92 Å². The van der Waals surface area contributed by atoms with Gasteiger partial charge in [0.05, 0.1) is 0 Å². The Labute approximate surface area is 64.1 Å². The summed E-state index contributed by atoms with van der Waals surface area (Å²) in [5.41, 5.74) is 1.06. The molecule has 10 heavy (non-hydrogen) atoms. The molecule has 1 nitrogen and oxygen atoms in total. The van der Waals surface area contributed by atoms with Crippen molar-refractivity contribution in [3.05, 3.63) is 30.1 Å². The fourth-order valence-electron chi connectivity index (χ4n) is 0.541. The van der Waals surface area contributed by atoms with Gasteiger partial charge in [0.15, 0.2) is 5.69 Å². The van der Waals surface area contributed by atoms with E-state index in [1.807, 2.05) is 45.2 Å². The molecule has 52 valence electrons. The molecule has 1 rings (SSSR count). The van der Waals surface area contributed by atoms with Gasteiger partial charge in [-0.15, -0.1) is 0 Å². The third kappa shape index (κ3) is 2.67.